The van der Waals surface area contributed by atoms with Gasteiger partial charge in [-0.3, -0.25) is 10.1 Å². The zero-order valence-corrected chi connectivity index (χ0v) is 15.8. The second kappa shape index (κ2) is 8.94. The van der Waals surface area contributed by atoms with Crippen LogP contribution in [0.1, 0.15) is 39.2 Å². The SMILES string of the molecule is CC(=CC(=O)O)c1cc(F)c(N(CC(C)C)C2CCOCC2)c([N+](=O)[O-])c1. The van der Waals surface area contributed by atoms with Crippen molar-refractivity contribution in [2.45, 2.75) is 39.7 Å². The van der Waals surface area contributed by atoms with E-state index in [1.807, 2.05) is 13.8 Å². The topological polar surface area (TPSA) is 92.9 Å². The van der Waals surface area contributed by atoms with Crippen molar-refractivity contribution in [1.29, 1.82) is 0 Å². The summed E-state index contributed by atoms with van der Waals surface area (Å²) in [6, 6.07) is 2.37. The fourth-order valence-corrected chi connectivity index (χ4v) is 3.32. The molecule has 1 aromatic rings. The lowest BCUT2D eigenvalue weighted by Gasteiger charge is -2.37. The summed E-state index contributed by atoms with van der Waals surface area (Å²) >= 11 is 0. The van der Waals surface area contributed by atoms with Gasteiger partial charge in [0.05, 0.1) is 4.92 Å². The molecule has 0 aliphatic carbocycles. The predicted octanol–water partition coefficient (Wildman–Crippen LogP) is 3.86. The smallest absolute Gasteiger partial charge is 0.328 e. The number of hydrogen-bond acceptors (Lipinski definition) is 5. The van der Waals surface area contributed by atoms with Crippen LogP contribution in [0.3, 0.4) is 0 Å². The van der Waals surface area contributed by atoms with E-state index < -0.39 is 16.7 Å². The molecule has 1 heterocycles. The lowest BCUT2D eigenvalue weighted by atomic mass is 10.0. The van der Waals surface area contributed by atoms with Gasteiger partial charge in [-0.05, 0) is 42.9 Å². The zero-order chi connectivity index (χ0) is 20.1. The highest BCUT2D eigenvalue weighted by atomic mass is 19.1. The highest BCUT2D eigenvalue weighted by Gasteiger charge is 2.31. The molecule has 7 nitrogen and oxygen atoms in total. The Labute approximate surface area is 157 Å². The first kappa shape index (κ1) is 20.8. The summed E-state index contributed by atoms with van der Waals surface area (Å²) in [4.78, 5) is 23.7. The molecule has 27 heavy (non-hydrogen) atoms. The third-order valence-corrected chi connectivity index (χ3v) is 4.52. The van der Waals surface area contributed by atoms with Crippen LogP contribution in [0.15, 0.2) is 18.2 Å². The monoisotopic (exact) mass is 380 g/mol. The summed E-state index contributed by atoms with van der Waals surface area (Å²) in [5, 5.41) is 20.6. The van der Waals surface area contributed by atoms with Crippen LogP contribution in [0.2, 0.25) is 0 Å². The molecule has 0 unspecified atom stereocenters. The molecule has 0 bridgehead atoms. The van der Waals surface area contributed by atoms with Gasteiger partial charge in [0.25, 0.3) is 5.69 Å². The Balaban J connectivity index is 2.57. The number of nitro benzene ring substituents is 1. The second-order valence-corrected chi connectivity index (χ2v) is 7.14. The summed E-state index contributed by atoms with van der Waals surface area (Å²) in [5.74, 6) is -1.73. The van der Waals surface area contributed by atoms with Crippen molar-refractivity contribution >= 4 is 22.9 Å². The summed E-state index contributed by atoms with van der Waals surface area (Å²) in [6.45, 7) is 6.98. The van der Waals surface area contributed by atoms with Crippen LogP contribution in [-0.4, -0.2) is 41.8 Å². The molecule has 0 radical (unpaired) electrons. The normalized spacial score (nSPS) is 15.8. The van der Waals surface area contributed by atoms with E-state index in [-0.39, 0.29) is 34.5 Å². The van der Waals surface area contributed by atoms with Gasteiger partial charge in [0.2, 0.25) is 0 Å². The summed E-state index contributed by atoms with van der Waals surface area (Å²) in [5.41, 5.74) is 0.0436. The Hall–Kier alpha value is -2.48. The van der Waals surface area contributed by atoms with E-state index in [4.69, 9.17) is 9.84 Å². The van der Waals surface area contributed by atoms with Crippen molar-refractivity contribution in [2.24, 2.45) is 5.92 Å². The first-order chi connectivity index (χ1) is 12.7. The number of carboxylic acid groups (broad SMARTS) is 1. The van der Waals surface area contributed by atoms with Gasteiger partial charge in [-0.15, -0.1) is 0 Å². The molecule has 0 spiro atoms. The number of rotatable bonds is 7. The molecule has 1 N–H and O–H groups in total. The number of benzene rings is 1. The number of nitrogens with zero attached hydrogens (tertiary/aromatic N) is 2. The molecule has 0 amide bonds. The molecular weight excluding hydrogens is 355 g/mol. The summed E-state index contributed by atoms with van der Waals surface area (Å²) < 4.78 is 20.4. The summed E-state index contributed by atoms with van der Waals surface area (Å²) in [6.07, 6.45) is 2.24. The van der Waals surface area contributed by atoms with Crippen molar-refractivity contribution in [3.63, 3.8) is 0 Å². The number of aliphatic carboxylic acids is 1. The Morgan fingerprint density at radius 3 is 2.59 bits per heavy atom. The molecule has 1 saturated heterocycles. The third kappa shape index (κ3) is 5.26. The van der Waals surface area contributed by atoms with Gasteiger partial charge in [-0.1, -0.05) is 13.8 Å². The predicted molar refractivity (Wildman–Crippen MR) is 100 cm³/mol. The number of halogens is 1. The van der Waals surface area contributed by atoms with E-state index in [9.17, 15) is 14.9 Å². The largest absolute Gasteiger partial charge is 0.478 e. The highest BCUT2D eigenvalue weighted by molar-refractivity contribution is 5.90. The van der Waals surface area contributed by atoms with E-state index in [0.717, 1.165) is 6.08 Å². The molecule has 1 aliphatic heterocycles. The van der Waals surface area contributed by atoms with Gasteiger partial charge in [0, 0.05) is 37.9 Å². The van der Waals surface area contributed by atoms with Crippen molar-refractivity contribution in [1.82, 2.24) is 0 Å². The van der Waals surface area contributed by atoms with Crippen molar-refractivity contribution < 1.29 is 24.0 Å². The Morgan fingerprint density at radius 2 is 2.07 bits per heavy atom. The number of anilines is 1. The van der Waals surface area contributed by atoms with Gasteiger partial charge < -0.3 is 14.7 Å². The van der Waals surface area contributed by atoms with Crippen LogP contribution >= 0.6 is 0 Å². The Morgan fingerprint density at radius 1 is 1.44 bits per heavy atom. The van der Waals surface area contributed by atoms with Crippen LogP contribution < -0.4 is 4.90 Å². The fraction of sp³-hybridized carbons (Fsp3) is 0.526. The van der Waals surface area contributed by atoms with E-state index in [1.54, 1.807) is 4.90 Å². The van der Waals surface area contributed by atoms with E-state index in [1.165, 1.54) is 19.1 Å². The lowest BCUT2D eigenvalue weighted by molar-refractivity contribution is -0.384. The average molecular weight is 380 g/mol. The molecule has 0 saturated carbocycles. The Kier molecular flexibility index (Phi) is 6.90. The van der Waals surface area contributed by atoms with Crippen molar-refractivity contribution in [3.05, 3.63) is 39.7 Å². The van der Waals surface area contributed by atoms with Gasteiger partial charge in [-0.2, -0.15) is 0 Å². The maximum Gasteiger partial charge on any atom is 0.328 e. The molecule has 0 atom stereocenters. The maximum absolute atomic E-state index is 15.1. The minimum Gasteiger partial charge on any atom is -0.478 e. The Bertz CT molecular complexity index is 742. The van der Waals surface area contributed by atoms with Crippen LogP contribution in [0.4, 0.5) is 15.8 Å². The first-order valence-corrected chi connectivity index (χ1v) is 8.94. The number of carboxylic acids is 1. The lowest BCUT2D eigenvalue weighted by Crippen LogP contribution is -2.42. The van der Waals surface area contributed by atoms with Gasteiger partial charge in [0.15, 0.2) is 11.5 Å². The van der Waals surface area contributed by atoms with Crippen LogP contribution in [-0.2, 0) is 9.53 Å². The number of carbonyl (C=O) groups is 1. The number of ether oxygens (including phenoxy) is 1. The highest BCUT2D eigenvalue weighted by Crippen LogP contribution is 2.37. The molecule has 0 aromatic heterocycles. The number of allylic oxidation sites excluding steroid dienone is 1. The molecule has 148 valence electrons. The van der Waals surface area contributed by atoms with E-state index in [0.29, 0.717) is 32.6 Å². The van der Waals surface area contributed by atoms with E-state index >= 15 is 4.39 Å². The van der Waals surface area contributed by atoms with E-state index in [2.05, 4.69) is 0 Å². The zero-order valence-electron chi connectivity index (χ0n) is 15.8. The average Bonchev–Trinajstić information content (AvgIpc) is 2.59. The van der Waals surface area contributed by atoms with Gasteiger partial charge in [0.1, 0.15) is 0 Å². The van der Waals surface area contributed by atoms with Crippen LogP contribution in [0, 0.1) is 21.8 Å². The van der Waals surface area contributed by atoms with Gasteiger partial charge >= 0.3 is 5.97 Å². The fourth-order valence-electron chi connectivity index (χ4n) is 3.32. The van der Waals surface area contributed by atoms with Crippen molar-refractivity contribution in [3.8, 4) is 0 Å². The first-order valence-electron chi connectivity index (χ1n) is 8.94. The molecule has 1 aromatic carbocycles. The third-order valence-electron chi connectivity index (χ3n) is 4.52. The minimum atomic E-state index is -1.19. The molecule has 1 fully saturated rings. The second-order valence-electron chi connectivity index (χ2n) is 7.14. The van der Waals surface area contributed by atoms with Crippen LogP contribution in [0.5, 0.6) is 0 Å². The van der Waals surface area contributed by atoms with Crippen molar-refractivity contribution in [2.75, 3.05) is 24.7 Å². The quantitative estimate of drug-likeness (QED) is 0.439. The minimum absolute atomic E-state index is 0.0347. The van der Waals surface area contributed by atoms with Gasteiger partial charge in [-0.25, -0.2) is 9.18 Å². The molecule has 8 heteroatoms. The number of nitro groups is 1. The number of hydrogen-bond donors (Lipinski definition) is 1. The standard InChI is InChI=1S/C19H25FN2O5/c1-12(2)11-21(15-4-6-27-7-5-15)19-16(20)9-14(10-17(19)22(25)26)13(3)8-18(23)24/h8-10,12,15H,4-7,11H2,1-3H3,(H,23,24). The molecular formula is C19H25FN2O5. The maximum atomic E-state index is 15.1. The molecule has 2 rings (SSSR count). The van der Waals surface area contributed by atoms with Crippen LogP contribution in [0.25, 0.3) is 5.57 Å². The summed E-state index contributed by atoms with van der Waals surface area (Å²) in [7, 11) is 0. The molecule has 1 aliphatic rings.